The standard InChI is InChI=1S/C22H18N4OS/c1-16-9-8-14-19(15-16)26-22(23-24-25-26)28-21(18-12-6-3-7-13-18)20(27)17-10-4-2-5-11-17/h2-15,21H,1H3. The lowest BCUT2D eigenvalue weighted by Crippen LogP contribution is -2.11. The number of Topliss-reactive ketones (excluding diaryl/α,β-unsaturated/α-hetero) is 1. The first-order valence-corrected chi connectivity index (χ1v) is 9.76. The molecule has 1 atom stereocenters. The summed E-state index contributed by atoms with van der Waals surface area (Å²) in [4.78, 5) is 13.3. The second kappa shape index (κ2) is 8.19. The summed E-state index contributed by atoms with van der Waals surface area (Å²) in [5.41, 5.74) is 3.56. The summed E-state index contributed by atoms with van der Waals surface area (Å²) in [6, 6.07) is 27.0. The first kappa shape index (κ1) is 18.1. The van der Waals surface area contributed by atoms with Gasteiger partial charge >= 0.3 is 0 Å². The molecule has 0 N–H and O–H groups in total. The van der Waals surface area contributed by atoms with Gasteiger partial charge in [-0.25, -0.2) is 0 Å². The summed E-state index contributed by atoms with van der Waals surface area (Å²) in [6.07, 6.45) is 0. The van der Waals surface area contributed by atoms with Crippen LogP contribution in [0.3, 0.4) is 0 Å². The van der Waals surface area contributed by atoms with E-state index in [-0.39, 0.29) is 5.78 Å². The number of ketones is 1. The Balaban J connectivity index is 1.72. The maximum atomic E-state index is 13.3. The van der Waals surface area contributed by atoms with Crippen LogP contribution in [0.25, 0.3) is 5.69 Å². The number of aryl methyl sites for hydroxylation is 1. The molecular weight excluding hydrogens is 368 g/mol. The van der Waals surface area contributed by atoms with Gasteiger partial charge in [0.2, 0.25) is 5.16 Å². The average Bonchev–Trinajstić information content (AvgIpc) is 3.21. The van der Waals surface area contributed by atoms with Crippen LogP contribution in [0, 0.1) is 6.92 Å². The largest absolute Gasteiger partial charge is 0.293 e. The van der Waals surface area contributed by atoms with E-state index in [1.54, 1.807) is 4.68 Å². The molecule has 1 aromatic heterocycles. The van der Waals surface area contributed by atoms with Gasteiger partial charge in [-0.3, -0.25) is 4.79 Å². The second-order valence-electron chi connectivity index (χ2n) is 6.35. The van der Waals surface area contributed by atoms with E-state index < -0.39 is 5.25 Å². The van der Waals surface area contributed by atoms with Crippen LogP contribution in [0.2, 0.25) is 0 Å². The van der Waals surface area contributed by atoms with E-state index in [0.717, 1.165) is 16.8 Å². The van der Waals surface area contributed by atoms with Crippen LogP contribution >= 0.6 is 11.8 Å². The van der Waals surface area contributed by atoms with Crippen LogP contribution in [0.5, 0.6) is 0 Å². The Labute approximate surface area is 167 Å². The Morgan fingerprint density at radius 2 is 1.64 bits per heavy atom. The minimum atomic E-state index is -0.446. The fourth-order valence-electron chi connectivity index (χ4n) is 2.93. The van der Waals surface area contributed by atoms with E-state index in [1.165, 1.54) is 11.8 Å². The van der Waals surface area contributed by atoms with Crippen molar-refractivity contribution >= 4 is 17.5 Å². The monoisotopic (exact) mass is 386 g/mol. The molecule has 5 nitrogen and oxygen atoms in total. The van der Waals surface area contributed by atoms with Crippen molar-refractivity contribution in [2.45, 2.75) is 17.3 Å². The van der Waals surface area contributed by atoms with E-state index >= 15 is 0 Å². The number of tetrazole rings is 1. The van der Waals surface area contributed by atoms with Crippen LogP contribution in [0.1, 0.15) is 26.7 Å². The molecule has 138 valence electrons. The maximum Gasteiger partial charge on any atom is 0.215 e. The number of nitrogens with zero attached hydrogens (tertiary/aromatic N) is 4. The summed E-state index contributed by atoms with van der Waals surface area (Å²) in [6.45, 7) is 2.02. The van der Waals surface area contributed by atoms with Gasteiger partial charge in [-0.05, 0) is 40.6 Å². The lowest BCUT2D eigenvalue weighted by molar-refractivity contribution is 0.0989. The number of hydrogen-bond acceptors (Lipinski definition) is 5. The molecule has 4 aromatic rings. The molecule has 0 aliphatic heterocycles. The summed E-state index contributed by atoms with van der Waals surface area (Å²) >= 11 is 1.36. The van der Waals surface area contributed by atoms with E-state index in [9.17, 15) is 4.79 Å². The van der Waals surface area contributed by atoms with E-state index in [2.05, 4.69) is 15.5 Å². The highest BCUT2D eigenvalue weighted by atomic mass is 32.2. The van der Waals surface area contributed by atoms with Gasteiger partial charge < -0.3 is 0 Å². The highest BCUT2D eigenvalue weighted by Crippen LogP contribution is 2.37. The van der Waals surface area contributed by atoms with Gasteiger partial charge in [0.1, 0.15) is 5.25 Å². The number of rotatable bonds is 6. The van der Waals surface area contributed by atoms with Crippen molar-refractivity contribution < 1.29 is 4.79 Å². The van der Waals surface area contributed by atoms with Crippen LogP contribution in [0.15, 0.2) is 90.1 Å². The Morgan fingerprint density at radius 1 is 0.929 bits per heavy atom. The van der Waals surface area contributed by atoms with Crippen molar-refractivity contribution in [2.24, 2.45) is 0 Å². The molecule has 0 saturated carbocycles. The summed E-state index contributed by atoms with van der Waals surface area (Å²) in [7, 11) is 0. The summed E-state index contributed by atoms with van der Waals surface area (Å²) in [5.74, 6) is 0.0237. The molecule has 0 saturated heterocycles. The Morgan fingerprint density at radius 3 is 2.36 bits per heavy atom. The van der Waals surface area contributed by atoms with Crippen LogP contribution in [0.4, 0.5) is 0 Å². The van der Waals surface area contributed by atoms with E-state index in [4.69, 9.17) is 0 Å². The van der Waals surface area contributed by atoms with Crippen molar-refractivity contribution in [1.82, 2.24) is 20.2 Å². The van der Waals surface area contributed by atoms with Crippen molar-refractivity contribution in [3.8, 4) is 5.69 Å². The smallest absolute Gasteiger partial charge is 0.215 e. The first-order chi connectivity index (χ1) is 13.7. The molecule has 0 amide bonds. The molecule has 0 radical (unpaired) electrons. The number of carbonyl (C=O) groups is 1. The minimum absolute atomic E-state index is 0.0237. The molecule has 1 heterocycles. The molecule has 0 fully saturated rings. The van der Waals surface area contributed by atoms with Crippen molar-refractivity contribution in [2.75, 3.05) is 0 Å². The zero-order valence-electron chi connectivity index (χ0n) is 15.3. The molecule has 0 aliphatic rings. The third kappa shape index (κ3) is 3.87. The number of hydrogen-bond donors (Lipinski definition) is 0. The molecule has 0 spiro atoms. The SMILES string of the molecule is Cc1cccc(-n2nnnc2SC(C(=O)c2ccccc2)c2ccccc2)c1. The van der Waals surface area contributed by atoms with Gasteiger partial charge in [0, 0.05) is 5.56 Å². The van der Waals surface area contributed by atoms with Gasteiger partial charge in [-0.2, -0.15) is 4.68 Å². The molecule has 3 aromatic carbocycles. The third-order valence-corrected chi connectivity index (χ3v) is 5.50. The average molecular weight is 386 g/mol. The van der Waals surface area contributed by atoms with Crippen molar-refractivity contribution in [3.63, 3.8) is 0 Å². The highest BCUT2D eigenvalue weighted by Gasteiger charge is 2.26. The fraction of sp³-hybridized carbons (Fsp3) is 0.0909. The fourth-order valence-corrected chi connectivity index (χ4v) is 4.01. The molecule has 1 unspecified atom stereocenters. The van der Waals surface area contributed by atoms with Gasteiger partial charge in [-0.1, -0.05) is 84.6 Å². The van der Waals surface area contributed by atoms with Crippen molar-refractivity contribution in [1.29, 1.82) is 0 Å². The zero-order chi connectivity index (χ0) is 19.3. The van der Waals surface area contributed by atoms with Gasteiger partial charge in [0.05, 0.1) is 5.69 Å². The van der Waals surface area contributed by atoms with Gasteiger partial charge in [-0.15, -0.1) is 5.10 Å². The number of thioether (sulfide) groups is 1. The zero-order valence-corrected chi connectivity index (χ0v) is 16.1. The van der Waals surface area contributed by atoms with Crippen LogP contribution in [-0.4, -0.2) is 26.0 Å². The Hall–Kier alpha value is -3.25. The lowest BCUT2D eigenvalue weighted by Gasteiger charge is -2.15. The minimum Gasteiger partial charge on any atom is -0.293 e. The number of benzene rings is 3. The predicted octanol–water partition coefficient (Wildman–Crippen LogP) is 4.69. The molecule has 4 rings (SSSR count). The van der Waals surface area contributed by atoms with Crippen molar-refractivity contribution in [3.05, 3.63) is 102 Å². The molecule has 0 aliphatic carbocycles. The molecule has 0 bridgehead atoms. The Bertz CT molecular complexity index is 1080. The first-order valence-electron chi connectivity index (χ1n) is 8.88. The quantitative estimate of drug-likeness (QED) is 0.355. The lowest BCUT2D eigenvalue weighted by atomic mass is 10.0. The predicted molar refractivity (Wildman–Crippen MR) is 110 cm³/mol. The van der Waals surface area contributed by atoms with Crippen LogP contribution < -0.4 is 0 Å². The van der Waals surface area contributed by atoms with Gasteiger partial charge in [0.15, 0.2) is 5.78 Å². The summed E-state index contributed by atoms with van der Waals surface area (Å²) in [5, 5.41) is 12.3. The highest BCUT2D eigenvalue weighted by molar-refractivity contribution is 8.00. The Kier molecular flexibility index (Phi) is 5.30. The molecule has 28 heavy (non-hydrogen) atoms. The van der Waals surface area contributed by atoms with E-state index in [1.807, 2.05) is 91.9 Å². The molecular formula is C22H18N4OS. The van der Waals surface area contributed by atoms with Crippen LogP contribution in [-0.2, 0) is 0 Å². The van der Waals surface area contributed by atoms with E-state index in [0.29, 0.717) is 10.7 Å². The topological polar surface area (TPSA) is 60.7 Å². The third-order valence-electron chi connectivity index (χ3n) is 4.31. The summed E-state index contributed by atoms with van der Waals surface area (Å²) < 4.78 is 1.67. The molecule has 6 heteroatoms. The number of aromatic nitrogens is 4. The maximum absolute atomic E-state index is 13.3. The second-order valence-corrected chi connectivity index (χ2v) is 7.42. The normalized spacial score (nSPS) is 11.9. The van der Waals surface area contributed by atoms with Gasteiger partial charge in [0.25, 0.3) is 0 Å². The number of carbonyl (C=O) groups excluding carboxylic acids is 1.